The second-order valence-corrected chi connectivity index (χ2v) is 10.1. The maximum atomic E-state index is 12.6. The molecule has 0 radical (unpaired) electrons. The third kappa shape index (κ3) is 5.50. The highest BCUT2D eigenvalue weighted by Crippen LogP contribution is 2.42. The Hall–Kier alpha value is -1.49. The molecule has 0 aromatic rings. The molecule has 0 aliphatic heterocycles. The molecule has 0 saturated heterocycles. The molecular formula is C18H19NO5S3. The zero-order valence-electron chi connectivity index (χ0n) is 14.8. The van der Waals surface area contributed by atoms with Crippen LogP contribution in [0.15, 0.2) is 23.4 Å². The Morgan fingerprint density at radius 1 is 1.44 bits per heavy atom. The smallest absolute Gasteiger partial charge is 0.411 e. The van der Waals surface area contributed by atoms with Crippen LogP contribution in [0.3, 0.4) is 0 Å². The van der Waals surface area contributed by atoms with E-state index in [4.69, 9.17) is 0 Å². The number of aliphatic hydroxyl groups is 2. The highest BCUT2D eigenvalue weighted by molar-refractivity contribution is 9.09. The third-order valence-corrected chi connectivity index (χ3v) is 7.94. The van der Waals surface area contributed by atoms with E-state index in [0.717, 1.165) is 0 Å². The minimum atomic E-state index is -1.65. The lowest BCUT2D eigenvalue weighted by molar-refractivity contribution is -0.122. The lowest BCUT2D eigenvalue weighted by Crippen LogP contribution is -2.49. The molecule has 9 heteroatoms. The summed E-state index contributed by atoms with van der Waals surface area (Å²) in [7, 11) is 5.98. The molecule has 0 saturated carbocycles. The molecule has 0 spiro atoms. The summed E-state index contributed by atoms with van der Waals surface area (Å²) in [6.07, 6.45) is 2.87. The van der Waals surface area contributed by atoms with E-state index in [1.54, 1.807) is 31.4 Å². The summed E-state index contributed by atoms with van der Waals surface area (Å²) in [5.74, 6) is 10.2. The number of alkyl carbamates (subject to hydrolysis) is 1. The highest BCUT2D eigenvalue weighted by Gasteiger charge is 2.47. The molecule has 1 amide bonds. The number of rotatable bonds is 6. The molecule has 144 valence electrons. The zero-order valence-corrected chi connectivity index (χ0v) is 17.2. The minimum absolute atomic E-state index is 0.0767. The number of aliphatic hydroxyl groups excluding tert-OH is 1. The summed E-state index contributed by atoms with van der Waals surface area (Å²) in [6, 6.07) is 0. The van der Waals surface area contributed by atoms with Crippen molar-refractivity contribution in [1.82, 2.24) is 5.32 Å². The highest BCUT2D eigenvalue weighted by atomic mass is 33.5. The number of nitrogens with one attached hydrogen (secondary N) is 1. The topological polar surface area (TPSA) is 95.9 Å². The molecular weight excluding hydrogens is 406 g/mol. The van der Waals surface area contributed by atoms with Crippen molar-refractivity contribution in [2.24, 2.45) is 5.92 Å². The zero-order chi connectivity index (χ0) is 19.9. The van der Waals surface area contributed by atoms with Crippen molar-refractivity contribution in [2.75, 3.05) is 19.1 Å². The number of allylic oxidation sites excluding steroid dienone is 3. The van der Waals surface area contributed by atoms with Crippen LogP contribution in [-0.4, -0.2) is 52.9 Å². The normalized spacial score (nSPS) is 27.6. The van der Waals surface area contributed by atoms with E-state index in [1.807, 2.05) is 6.26 Å². The molecule has 27 heavy (non-hydrogen) atoms. The number of carbonyl (C=O) groups excluding carboxylic acids is 2. The van der Waals surface area contributed by atoms with Gasteiger partial charge in [0.2, 0.25) is 0 Å². The SMILES string of the molecule is COC(=O)NC1=C2C(CCSSSC)[C@](O)(C#C/C=C\C#C[C@@H]2O)CC1=O. The number of amides is 1. The average Bonchev–Trinajstić information content (AvgIpc) is 2.63. The van der Waals surface area contributed by atoms with Gasteiger partial charge in [0.25, 0.3) is 0 Å². The number of fused-ring (bicyclic) bond motifs is 2. The quantitative estimate of drug-likeness (QED) is 0.337. The second-order valence-electron chi connectivity index (χ2n) is 5.66. The number of ketones is 1. The predicted octanol–water partition coefficient (Wildman–Crippen LogP) is 1.90. The van der Waals surface area contributed by atoms with Gasteiger partial charge < -0.3 is 14.9 Å². The largest absolute Gasteiger partial charge is 0.453 e. The Morgan fingerprint density at radius 3 is 2.89 bits per heavy atom. The summed E-state index contributed by atoms with van der Waals surface area (Å²) >= 11 is 0. The van der Waals surface area contributed by atoms with E-state index in [-0.39, 0.29) is 17.7 Å². The Balaban J connectivity index is 2.54. The second kappa shape index (κ2) is 10.2. The Morgan fingerprint density at radius 2 is 2.19 bits per heavy atom. The van der Waals surface area contributed by atoms with E-state index < -0.39 is 29.5 Å². The van der Waals surface area contributed by atoms with Crippen LogP contribution in [0.4, 0.5) is 4.79 Å². The molecule has 0 aromatic carbocycles. The number of hydrogen-bond donors (Lipinski definition) is 3. The van der Waals surface area contributed by atoms with Gasteiger partial charge >= 0.3 is 6.09 Å². The van der Waals surface area contributed by atoms with Crippen molar-refractivity contribution in [1.29, 1.82) is 0 Å². The van der Waals surface area contributed by atoms with Gasteiger partial charge in [0.05, 0.1) is 19.2 Å². The summed E-state index contributed by atoms with van der Waals surface area (Å²) in [4.78, 5) is 24.4. The molecule has 3 N–H and O–H groups in total. The number of hydrogen-bond acceptors (Lipinski definition) is 8. The molecule has 0 heterocycles. The van der Waals surface area contributed by atoms with E-state index in [9.17, 15) is 19.8 Å². The number of carbonyl (C=O) groups is 2. The molecule has 6 nitrogen and oxygen atoms in total. The number of ether oxygens (including phenoxy) is 1. The minimum Gasteiger partial charge on any atom is -0.453 e. The van der Waals surface area contributed by atoms with Crippen LogP contribution >= 0.6 is 31.4 Å². The maximum absolute atomic E-state index is 12.6. The van der Waals surface area contributed by atoms with Gasteiger partial charge in [0, 0.05) is 17.2 Å². The van der Waals surface area contributed by atoms with Crippen molar-refractivity contribution in [3.8, 4) is 23.7 Å². The molecule has 2 aliphatic rings. The van der Waals surface area contributed by atoms with Crippen molar-refractivity contribution in [3.05, 3.63) is 23.4 Å². The van der Waals surface area contributed by atoms with Gasteiger partial charge in [-0.2, -0.15) is 0 Å². The average molecular weight is 426 g/mol. The van der Waals surface area contributed by atoms with E-state index in [1.165, 1.54) is 19.3 Å². The predicted molar refractivity (Wildman–Crippen MR) is 110 cm³/mol. The van der Waals surface area contributed by atoms with Gasteiger partial charge in [-0.3, -0.25) is 10.1 Å². The van der Waals surface area contributed by atoms with Crippen molar-refractivity contribution < 1.29 is 24.5 Å². The first-order valence-electron chi connectivity index (χ1n) is 7.96. The van der Waals surface area contributed by atoms with Crippen molar-refractivity contribution in [2.45, 2.75) is 24.5 Å². The Bertz CT molecular complexity index is 786. The van der Waals surface area contributed by atoms with Crippen LogP contribution in [-0.2, 0) is 9.53 Å². The van der Waals surface area contributed by atoms with Crippen LogP contribution in [0.2, 0.25) is 0 Å². The first-order valence-corrected chi connectivity index (χ1v) is 12.0. The van der Waals surface area contributed by atoms with E-state index in [0.29, 0.717) is 12.2 Å². The van der Waals surface area contributed by atoms with E-state index >= 15 is 0 Å². The summed E-state index contributed by atoms with van der Waals surface area (Å²) in [5, 5.41) is 24.2. The fourth-order valence-corrected chi connectivity index (χ4v) is 5.66. The first kappa shape index (κ1) is 21.8. The summed E-state index contributed by atoms with van der Waals surface area (Å²) in [5.41, 5.74) is -1.55. The van der Waals surface area contributed by atoms with Gasteiger partial charge in [-0.1, -0.05) is 45.3 Å². The Kier molecular flexibility index (Phi) is 8.21. The van der Waals surface area contributed by atoms with Gasteiger partial charge in [-0.15, -0.1) is 0 Å². The van der Waals surface area contributed by atoms with Gasteiger partial charge in [-0.05, 0) is 34.7 Å². The third-order valence-electron chi connectivity index (χ3n) is 4.02. The monoisotopic (exact) mass is 425 g/mol. The summed E-state index contributed by atoms with van der Waals surface area (Å²) in [6.45, 7) is 0. The lowest BCUT2D eigenvalue weighted by Gasteiger charge is -2.39. The molecule has 1 unspecified atom stereocenters. The molecule has 2 aliphatic carbocycles. The fourth-order valence-electron chi connectivity index (χ4n) is 2.90. The van der Waals surface area contributed by atoms with Gasteiger partial charge in [0.15, 0.2) is 5.78 Å². The lowest BCUT2D eigenvalue weighted by atomic mass is 9.70. The van der Waals surface area contributed by atoms with Crippen LogP contribution in [0.1, 0.15) is 12.8 Å². The van der Waals surface area contributed by atoms with Crippen molar-refractivity contribution >= 4 is 43.3 Å². The van der Waals surface area contributed by atoms with Crippen LogP contribution in [0, 0.1) is 29.6 Å². The molecule has 3 atom stereocenters. The Labute approximate surface area is 169 Å². The molecule has 2 bridgehead atoms. The maximum Gasteiger partial charge on any atom is 0.411 e. The molecule has 2 rings (SSSR count). The van der Waals surface area contributed by atoms with Crippen LogP contribution < -0.4 is 5.32 Å². The van der Waals surface area contributed by atoms with Gasteiger partial charge in [-0.25, -0.2) is 4.79 Å². The fraction of sp³-hybridized carbons (Fsp3) is 0.444. The first-order chi connectivity index (χ1) is 12.9. The molecule has 0 fully saturated rings. The van der Waals surface area contributed by atoms with Crippen LogP contribution in [0.25, 0.3) is 0 Å². The van der Waals surface area contributed by atoms with Gasteiger partial charge in [0.1, 0.15) is 11.7 Å². The number of Topliss-reactive ketones (excluding diaryl/α,β-unsaturated/α-hetero) is 1. The standard InChI is InChI=1S/C18H19NO5S3/c1-24-17(22)19-16-14(21)11-18(23)9-6-4-3-5-7-13(20)15(16)12(18)8-10-26-27-25-2/h3-4,12-13,20,23H,8,10-11H2,1-2H3,(H,19,22)/b4-3-/t12?,13-,18-/m0/s1. The number of methoxy groups -OCH3 is 1. The van der Waals surface area contributed by atoms with E-state index in [2.05, 4.69) is 33.7 Å². The molecule has 0 aromatic heterocycles. The van der Waals surface area contributed by atoms with Crippen LogP contribution in [0.5, 0.6) is 0 Å². The van der Waals surface area contributed by atoms with Crippen molar-refractivity contribution in [3.63, 3.8) is 0 Å². The summed E-state index contributed by atoms with van der Waals surface area (Å²) < 4.78 is 4.58.